The first kappa shape index (κ1) is 14.2. The van der Waals surface area contributed by atoms with Crippen molar-refractivity contribution < 1.29 is 14.0 Å². The van der Waals surface area contributed by atoms with E-state index in [1.165, 1.54) is 0 Å². The third-order valence-corrected chi connectivity index (χ3v) is 2.54. The Kier molecular flexibility index (Phi) is 5.84. The van der Waals surface area contributed by atoms with Crippen molar-refractivity contribution in [3.63, 3.8) is 0 Å². The van der Waals surface area contributed by atoms with Crippen LogP contribution in [0.2, 0.25) is 0 Å². The quantitative estimate of drug-likeness (QED) is 0.703. The minimum atomic E-state index is -0.670. The number of hydrogen-bond donors (Lipinski definition) is 2. The number of benzene rings is 1. The largest absolute Gasteiger partial charge is 0.352 e. The molecule has 1 aromatic carbocycles. The molecule has 18 heavy (non-hydrogen) atoms. The van der Waals surface area contributed by atoms with Gasteiger partial charge in [-0.15, -0.1) is 0 Å². The normalized spacial score (nSPS) is 11.7. The summed E-state index contributed by atoms with van der Waals surface area (Å²) in [7, 11) is 0. The van der Waals surface area contributed by atoms with Gasteiger partial charge >= 0.3 is 0 Å². The lowest BCUT2D eigenvalue weighted by Gasteiger charge is -2.15. The summed E-state index contributed by atoms with van der Waals surface area (Å²) in [6.07, 6.45) is 0.866. The molecule has 1 unspecified atom stereocenters. The first-order chi connectivity index (χ1) is 8.67. The van der Waals surface area contributed by atoms with E-state index in [0.29, 0.717) is 12.8 Å². The van der Waals surface area contributed by atoms with Crippen molar-refractivity contribution >= 4 is 12.3 Å². The highest BCUT2D eigenvalue weighted by atomic mass is 19.1. The lowest BCUT2D eigenvalue weighted by atomic mass is 10.0. The number of halogens is 1. The summed E-state index contributed by atoms with van der Waals surface area (Å²) in [6.45, 7) is 1.31. The monoisotopic (exact) mass is 252 g/mol. The van der Waals surface area contributed by atoms with Gasteiger partial charge in [0, 0.05) is 13.0 Å². The van der Waals surface area contributed by atoms with Crippen molar-refractivity contribution in [3.8, 4) is 0 Å². The molecule has 0 saturated heterocycles. The molecule has 0 saturated carbocycles. The maximum atomic E-state index is 12.0. The molecule has 1 atom stereocenters. The SMILES string of the molecule is Cc1ccc(CC(NC=O)C(=O)NCCF)cc1. The molecule has 2 amide bonds. The Labute approximate surface area is 106 Å². The van der Waals surface area contributed by atoms with Crippen molar-refractivity contribution in [2.75, 3.05) is 13.2 Å². The molecule has 5 heteroatoms. The van der Waals surface area contributed by atoms with Gasteiger partial charge in [0.2, 0.25) is 12.3 Å². The van der Waals surface area contributed by atoms with Gasteiger partial charge in [0.25, 0.3) is 0 Å². The second-order valence-electron chi connectivity index (χ2n) is 4.01. The summed E-state index contributed by atoms with van der Waals surface area (Å²) in [4.78, 5) is 22.1. The maximum Gasteiger partial charge on any atom is 0.243 e. The van der Waals surface area contributed by atoms with Gasteiger partial charge in [-0.1, -0.05) is 29.8 Å². The van der Waals surface area contributed by atoms with Gasteiger partial charge in [-0.25, -0.2) is 4.39 Å². The molecule has 0 radical (unpaired) electrons. The van der Waals surface area contributed by atoms with E-state index >= 15 is 0 Å². The third-order valence-electron chi connectivity index (χ3n) is 2.54. The van der Waals surface area contributed by atoms with E-state index in [9.17, 15) is 14.0 Å². The Morgan fingerprint density at radius 2 is 2.06 bits per heavy atom. The Morgan fingerprint density at radius 1 is 1.39 bits per heavy atom. The molecule has 1 aromatic rings. The highest BCUT2D eigenvalue weighted by Crippen LogP contribution is 2.06. The van der Waals surface area contributed by atoms with Crippen LogP contribution in [0.1, 0.15) is 11.1 Å². The molecule has 0 aliphatic heterocycles. The summed E-state index contributed by atoms with van der Waals surface area (Å²) in [5, 5.41) is 4.85. The van der Waals surface area contributed by atoms with E-state index in [-0.39, 0.29) is 12.5 Å². The molecule has 98 valence electrons. The number of aryl methyl sites for hydroxylation is 1. The summed E-state index contributed by atoms with van der Waals surface area (Å²) < 4.78 is 12.0. The minimum Gasteiger partial charge on any atom is -0.352 e. The zero-order chi connectivity index (χ0) is 13.4. The van der Waals surface area contributed by atoms with E-state index < -0.39 is 12.7 Å². The maximum absolute atomic E-state index is 12.0. The van der Waals surface area contributed by atoms with Crippen LogP contribution in [-0.4, -0.2) is 31.6 Å². The van der Waals surface area contributed by atoms with Gasteiger partial charge in [-0.3, -0.25) is 9.59 Å². The number of carbonyl (C=O) groups is 2. The van der Waals surface area contributed by atoms with Crippen LogP contribution in [0.15, 0.2) is 24.3 Å². The van der Waals surface area contributed by atoms with Gasteiger partial charge in [-0.2, -0.15) is 0 Å². The van der Waals surface area contributed by atoms with E-state index in [1.54, 1.807) is 0 Å². The van der Waals surface area contributed by atoms with Gasteiger partial charge in [0.1, 0.15) is 12.7 Å². The fourth-order valence-corrected chi connectivity index (χ4v) is 1.56. The van der Waals surface area contributed by atoms with Crippen LogP contribution in [0.3, 0.4) is 0 Å². The summed E-state index contributed by atoms with van der Waals surface area (Å²) in [5.41, 5.74) is 2.07. The number of hydrogen-bond acceptors (Lipinski definition) is 2. The fourth-order valence-electron chi connectivity index (χ4n) is 1.56. The van der Waals surface area contributed by atoms with Crippen molar-refractivity contribution in [2.45, 2.75) is 19.4 Å². The number of alkyl halides is 1. The number of nitrogens with one attached hydrogen (secondary N) is 2. The first-order valence-electron chi connectivity index (χ1n) is 5.76. The van der Waals surface area contributed by atoms with Crippen molar-refractivity contribution in [1.29, 1.82) is 0 Å². The van der Waals surface area contributed by atoms with Crippen molar-refractivity contribution in [3.05, 3.63) is 35.4 Å². The molecule has 2 N–H and O–H groups in total. The molecule has 0 aliphatic carbocycles. The van der Waals surface area contributed by atoms with E-state index in [1.807, 2.05) is 31.2 Å². The number of amides is 2. The smallest absolute Gasteiger partial charge is 0.243 e. The minimum absolute atomic E-state index is 0.0379. The second kappa shape index (κ2) is 7.42. The van der Waals surface area contributed by atoms with Crippen LogP contribution in [-0.2, 0) is 16.0 Å². The van der Waals surface area contributed by atoms with Crippen LogP contribution in [0.5, 0.6) is 0 Å². The zero-order valence-corrected chi connectivity index (χ0v) is 10.3. The predicted octanol–water partition coefficient (Wildman–Crippen LogP) is 0.738. The molecule has 0 fully saturated rings. The lowest BCUT2D eigenvalue weighted by molar-refractivity contribution is -0.125. The van der Waals surface area contributed by atoms with Crippen LogP contribution in [0.4, 0.5) is 4.39 Å². The van der Waals surface area contributed by atoms with E-state index in [0.717, 1.165) is 11.1 Å². The Balaban J connectivity index is 2.64. The summed E-state index contributed by atoms with van der Waals surface area (Å²) in [6, 6.07) is 7.00. The summed E-state index contributed by atoms with van der Waals surface area (Å²) in [5.74, 6) is -0.375. The van der Waals surface area contributed by atoms with E-state index in [2.05, 4.69) is 10.6 Å². The molecule has 0 heterocycles. The molecule has 1 rings (SSSR count). The Bertz CT molecular complexity index is 392. The topological polar surface area (TPSA) is 58.2 Å². The van der Waals surface area contributed by atoms with Gasteiger partial charge in [0.05, 0.1) is 0 Å². The predicted molar refractivity (Wildman–Crippen MR) is 66.9 cm³/mol. The molecule has 0 aliphatic rings. The highest BCUT2D eigenvalue weighted by Gasteiger charge is 2.17. The molecular weight excluding hydrogens is 235 g/mol. The average Bonchev–Trinajstić information content (AvgIpc) is 2.38. The zero-order valence-electron chi connectivity index (χ0n) is 10.3. The van der Waals surface area contributed by atoms with Gasteiger partial charge < -0.3 is 10.6 Å². The first-order valence-corrected chi connectivity index (χ1v) is 5.76. The molecule has 0 spiro atoms. The number of carbonyl (C=O) groups excluding carboxylic acids is 2. The molecule has 4 nitrogen and oxygen atoms in total. The van der Waals surface area contributed by atoms with Gasteiger partial charge in [0.15, 0.2) is 0 Å². The molecule has 0 bridgehead atoms. The highest BCUT2D eigenvalue weighted by molar-refractivity contribution is 5.83. The van der Waals surface area contributed by atoms with Crippen LogP contribution in [0, 0.1) is 6.92 Å². The van der Waals surface area contributed by atoms with Crippen molar-refractivity contribution in [2.24, 2.45) is 0 Å². The Morgan fingerprint density at radius 3 is 2.61 bits per heavy atom. The Hall–Kier alpha value is -1.91. The second-order valence-corrected chi connectivity index (χ2v) is 4.01. The third kappa shape index (κ3) is 4.53. The fraction of sp³-hybridized carbons (Fsp3) is 0.385. The van der Waals surface area contributed by atoms with Crippen LogP contribution >= 0.6 is 0 Å². The van der Waals surface area contributed by atoms with Crippen LogP contribution in [0.25, 0.3) is 0 Å². The van der Waals surface area contributed by atoms with E-state index in [4.69, 9.17) is 0 Å². The van der Waals surface area contributed by atoms with Gasteiger partial charge in [-0.05, 0) is 12.5 Å². The van der Waals surface area contributed by atoms with Crippen molar-refractivity contribution in [1.82, 2.24) is 10.6 Å². The molecule has 0 aromatic heterocycles. The molecular formula is C13H17FN2O2. The standard InChI is InChI=1S/C13H17FN2O2/c1-10-2-4-11(5-3-10)8-12(16-9-17)13(18)15-7-6-14/h2-5,9,12H,6-8H2,1H3,(H,15,18)(H,16,17). The van der Waals surface area contributed by atoms with Crippen LogP contribution < -0.4 is 10.6 Å². The number of rotatable bonds is 7. The average molecular weight is 252 g/mol. The lowest BCUT2D eigenvalue weighted by Crippen LogP contribution is -2.45. The summed E-state index contributed by atoms with van der Waals surface area (Å²) >= 11 is 0.